The number of benzene rings is 1. The summed E-state index contributed by atoms with van der Waals surface area (Å²) < 4.78 is 28.4. The van der Waals surface area contributed by atoms with E-state index in [9.17, 15) is 13.2 Å². The fourth-order valence-corrected chi connectivity index (χ4v) is 2.23. The number of aromatic nitrogens is 1. The zero-order chi connectivity index (χ0) is 16.2. The summed E-state index contributed by atoms with van der Waals surface area (Å²) in [5.41, 5.74) is 0.776. The van der Waals surface area contributed by atoms with Gasteiger partial charge in [0.15, 0.2) is 9.84 Å². The molecule has 22 heavy (non-hydrogen) atoms. The molecule has 0 spiro atoms. The lowest BCUT2D eigenvalue weighted by molar-refractivity contribution is 0.194. The quantitative estimate of drug-likeness (QED) is 0.872. The van der Waals surface area contributed by atoms with E-state index in [0.717, 1.165) is 11.8 Å². The number of carbonyl (C=O) groups is 1. The van der Waals surface area contributed by atoms with Crippen LogP contribution < -0.4 is 10.1 Å². The van der Waals surface area contributed by atoms with Gasteiger partial charge in [0.05, 0.1) is 11.1 Å². The monoisotopic (exact) mass is 322 g/mol. The van der Waals surface area contributed by atoms with E-state index in [1.165, 1.54) is 18.5 Å². The standard InChI is InChI=1S/C14H14N2O5S/c1-22(19,20)13-6-12(8-15-9-13)21-11-4-2-10(3-5-11)7-16-14(17)18/h2-6,8-9,16H,7H2,1H3,(H,17,18). The van der Waals surface area contributed by atoms with Crippen LogP contribution in [0.5, 0.6) is 11.5 Å². The van der Waals surface area contributed by atoms with E-state index in [4.69, 9.17) is 9.84 Å². The van der Waals surface area contributed by atoms with Crippen molar-refractivity contribution >= 4 is 15.9 Å². The Morgan fingerprint density at radius 3 is 2.50 bits per heavy atom. The summed E-state index contributed by atoms with van der Waals surface area (Å²) in [6.07, 6.45) is 2.67. The van der Waals surface area contributed by atoms with E-state index in [-0.39, 0.29) is 11.4 Å². The molecule has 1 amide bonds. The second kappa shape index (κ2) is 6.44. The smallest absolute Gasteiger partial charge is 0.404 e. The van der Waals surface area contributed by atoms with Crippen LogP contribution in [0.1, 0.15) is 5.56 Å². The minimum Gasteiger partial charge on any atom is -0.465 e. The molecule has 0 saturated carbocycles. The number of rotatable bonds is 5. The van der Waals surface area contributed by atoms with Gasteiger partial charge >= 0.3 is 6.09 Å². The zero-order valence-corrected chi connectivity index (χ0v) is 12.5. The van der Waals surface area contributed by atoms with Crippen LogP contribution in [-0.4, -0.2) is 30.9 Å². The van der Waals surface area contributed by atoms with Gasteiger partial charge in [-0.3, -0.25) is 4.98 Å². The van der Waals surface area contributed by atoms with Gasteiger partial charge in [0.2, 0.25) is 0 Å². The second-order valence-electron chi connectivity index (χ2n) is 4.53. The first kappa shape index (κ1) is 15.8. The van der Waals surface area contributed by atoms with E-state index in [1.807, 2.05) is 0 Å². The molecule has 0 fully saturated rings. The molecule has 1 heterocycles. The number of nitrogens with one attached hydrogen (secondary N) is 1. The molecule has 0 unspecified atom stereocenters. The summed E-state index contributed by atoms with van der Waals surface area (Å²) in [6, 6.07) is 8.12. The normalized spacial score (nSPS) is 11.0. The highest BCUT2D eigenvalue weighted by Crippen LogP contribution is 2.23. The van der Waals surface area contributed by atoms with Crippen molar-refractivity contribution in [1.82, 2.24) is 10.3 Å². The van der Waals surface area contributed by atoms with Crippen LogP contribution in [0.2, 0.25) is 0 Å². The van der Waals surface area contributed by atoms with Crippen molar-refractivity contribution in [2.75, 3.05) is 6.26 Å². The summed E-state index contributed by atoms with van der Waals surface area (Å²) in [4.78, 5) is 14.3. The Morgan fingerprint density at radius 1 is 1.23 bits per heavy atom. The van der Waals surface area contributed by atoms with Gasteiger partial charge < -0.3 is 15.2 Å². The Kier molecular flexibility index (Phi) is 4.62. The summed E-state index contributed by atoms with van der Waals surface area (Å²) in [5.74, 6) is 0.797. The minimum absolute atomic E-state index is 0.0762. The van der Waals surface area contributed by atoms with E-state index in [0.29, 0.717) is 11.5 Å². The number of pyridine rings is 1. The van der Waals surface area contributed by atoms with Gasteiger partial charge in [-0.05, 0) is 17.7 Å². The molecule has 7 nitrogen and oxygen atoms in total. The molecular formula is C14H14N2O5S. The van der Waals surface area contributed by atoms with Crippen LogP contribution in [0.15, 0.2) is 47.6 Å². The maximum absolute atomic E-state index is 11.5. The Bertz CT molecular complexity index is 772. The zero-order valence-electron chi connectivity index (χ0n) is 11.7. The molecule has 0 saturated heterocycles. The highest BCUT2D eigenvalue weighted by Gasteiger charge is 2.09. The number of hydrogen-bond donors (Lipinski definition) is 2. The number of nitrogens with zero attached hydrogens (tertiary/aromatic N) is 1. The third kappa shape index (κ3) is 4.45. The molecule has 2 N–H and O–H groups in total. The molecule has 0 aliphatic rings. The number of hydrogen-bond acceptors (Lipinski definition) is 5. The van der Waals surface area contributed by atoms with E-state index in [2.05, 4.69) is 10.3 Å². The molecule has 2 aromatic rings. The van der Waals surface area contributed by atoms with E-state index in [1.54, 1.807) is 24.3 Å². The predicted molar refractivity (Wildman–Crippen MR) is 78.7 cm³/mol. The minimum atomic E-state index is -3.35. The molecular weight excluding hydrogens is 308 g/mol. The fourth-order valence-electron chi connectivity index (χ4n) is 1.65. The average molecular weight is 322 g/mol. The summed E-state index contributed by atoms with van der Waals surface area (Å²) in [7, 11) is -3.35. The van der Waals surface area contributed by atoms with Crippen molar-refractivity contribution in [3.05, 3.63) is 48.3 Å². The molecule has 2 rings (SSSR count). The van der Waals surface area contributed by atoms with Crippen LogP contribution in [-0.2, 0) is 16.4 Å². The lowest BCUT2D eigenvalue weighted by Crippen LogP contribution is -2.19. The van der Waals surface area contributed by atoms with Gasteiger partial charge in [0.25, 0.3) is 0 Å². The molecule has 1 aromatic heterocycles. The highest BCUT2D eigenvalue weighted by atomic mass is 32.2. The largest absolute Gasteiger partial charge is 0.465 e. The van der Waals surface area contributed by atoms with Crippen LogP contribution in [0, 0.1) is 0 Å². The summed E-state index contributed by atoms with van der Waals surface area (Å²) in [5, 5.41) is 10.8. The van der Waals surface area contributed by atoms with Crippen LogP contribution in [0.25, 0.3) is 0 Å². The van der Waals surface area contributed by atoms with Gasteiger partial charge in [-0.25, -0.2) is 13.2 Å². The molecule has 0 radical (unpaired) electrons. The first-order chi connectivity index (χ1) is 10.3. The Morgan fingerprint density at radius 2 is 1.91 bits per heavy atom. The third-order valence-corrected chi connectivity index (χ3v) is 3.80. The molecule has 116 valence electrons. The topological polar surface area (TPSA) is 106 Å². The van der Waals surface area contributed by atoms with E-state index < -0.39 is 15.9 Å². The number of amides is 1. The van der Waals surface area contributed by atoms with Crippen molar-refractivity contribution in [3.8, 4) is 11.5 Å². The predicted octanol–water partition coefficient (Wildman–Crippen LogP) is 2.04. The maximum atomic E-state index is 11.5. The fraction of sp³-hybridized carbons (Fsp3) is 0.143. The number of sulfone groups is 1. The molecule has 8 heteroatoms. The summed E-state index contributed by atoms with van der Waals surface area (Å²) in [6.45, 7) is 0.195. The summed E-state index contributed by atoms with van der Waals surface area (Å²) >= 11 is 0. The Labute approximate surface area is 127 Å². The molecule has 0 aliphatic heterocycles. The molecule has 0 atom stereocenters. The van der Waals surface area contributed by atoms with Gasteiger partial charge in [-0.2, -0.15) is 0 Å². The second-order valence-corrected chi connectivity index (χ2v) is 6.55. The first-order valence-corrected chi connectivity index (χ1v) is 8.12. The third-order valence-electron chi connectivity index (χ3n) is 2.72. The lowest BCUT2D eigenvalue weighted by Gasteiger charge is -2.07. The van der Waals surface area contributed by atoms with E-state index >= 15 is 0 Å². The van der Waals surface area contributed by atoms with Crippen molar-refractivity contribution in [2.45, 2.75) is 11.4 Å². The van der Waals surface area contributed by atoms with Gasteiger partial charge in [-0.1, -0.05) is 12.1 Å². The van der Waals surface area contributed by atoms with Crippen molar-refractivity contribution in [2.24, 2.45) is 0 Å². The van der Waals surface area contributed by atoms with Crippen molar-refractivity contribution < 1.29 is 23.1 Å². The highest BCUT2D eigenvalue weighted by molar-refractivity contribution is 7.90. The van der Waals surface area contributed by atoms with Crippen LogP contribution in [0.4, 0.5) is 4.79 Å². The maximum Gasteiger partial charge on any atom is 0.404 e. The average Bonchev–Trinajstić information content (AvgIpc) is 2.46. The first-order valence-electron chi connectivity index (χ1n) is 6.23. The molecule has 0 bridgehead atoms. The van der Waals surface area contributed by atoms with Crippen molar-refractivity contribution in [3.63, 3.8) is 0 Å². The SMILES string of the molecule is CS(=O)(=O)c1cncc(Oc2ccc(CNC(=O)O)cc2)c1. The molecule has 1 aromatic carbocycles. The Hall–Kier alpha value is -2.61. The lowest BCUT2D eigenvalue weighted by atomic mass is 10.2. The Balaban J connectivity index is 2.09. The van der Waals surface area contributed by atoms with Crippen LogP contribution >= 0.6 is 0 Å². The van der Waals surface area contributed by atoms with Gasteiger partial charge in [-0.15, -0.1) is 0 Å². The number of ether oxygens (including phenoxy) is 1. The van der Waals surface area contributed by atoms with Crippen LogP contribution in [0.3, 0.4) is 0 Å². The van der Waals surface area contributed by atoms with Crippen molar-refractivity contribution in [1.29, 1.82) is 0 Å². The molecule has 0 aliphatic carbocycles. The van der Waals surface area contributed by atoms with Gasteiger partial charge in [0.1, 0.15) is 11.5 Å². The number of carboxylic acid groups (broad SMARTS) is 1. The van der Waals surface area contributed by atoms with Gasteiger partial charge in [0, 0.05) is 25.1 Å².